The highest BCUT2D eigenvalue weighted by atomic mass is 32.2. The molecule has 26 heteroatoms. The zero-order valence-corrected chi connectivity index (χ0v) is 22.5. The molecular formula is C18H22F19N2O4S+. The van der Waals surface area contributed by atoms with E-state index < -0.39 is 99.9 Å². The van der Waals surface area contributed by atoms with Crippen molar-refractivity contribution < 1.29 is 107 Å². The van der Waals surface area contributed by atoms with Crippen LogP contribution in [0.2, 0.25) is 0 Å². The van der Waals surface area contributed by atoms with Crippen LogP contribution >= 0.6 is 0 Å². The van der Waals surface area contributed by atoms with Gasteiger partial charge in [0.2, 0.25) is 0 Å². The van der Waals surface area contributed by atoms with Crippen LogP contribution in [0.3, 0.4) is 0 Å². The Bertz CT molecular complexity index is 1090. The van der Waals surface area contributed by atoms with E-state index in [0.29, 0.717) is 0 Å². The third-order valence-corrected chi connectivity index (χ3v) is 7.93. The van der Waals surface area contributed by atoms with Crippen LogP contribution in [-0.4, -0.2) is 134 Å². The van der Waals surface area contributed by atoms with Crippen LogP contribution in [0.4, 0.5) is 83.4 Å². The van der Waals surface area contributed by atoms with Crippen LogP contribution < -0.4 is 0 Å². The lowest BCUT2D eigenvalue weighted by molar-refractivity contribution is -0.890. The van der Waals surface area contributed by atoms with Crippen molar-refractivity contribution in [1.29, 1.82) is 0 Å². The van der Waals surface area contributed by atoms with E-state index in [0.717, 1.165) is 0 Å². The van der Waals surface area contributed by atoms with Crippen LogP contribution in [0, 0.1) is 0 Å². The first-order chi connectivity index (χ1) is 19.0. The monoisotopic (exact) mass is 723 g/mol. The molecule has 266 valence electrons. The standard InChI is InChI=1S/C18H22F19N2O4S/c1-39(2,7-9-41)6-3-4-38(5-8-40)44(42,43)18(36,37)16(31,32)14(27,28)12(23,24)10(19,20)11(21,22)13(25,26)15(29,30)17(33,34)35/h40-41H,3-9H2,1-2H3/q+1. The van der Waals surface area contributed by atoms with Crippen molar-refractivity contribution in [2.75, 3.05) is 53.5 Å². The van der Waals surface area contributed by atoms with Crippen molar-refractivity contribution in [2.24, 2.45) is 0 Å². The number of hydrogen-bond donors (Lipinski definition) is 2. The van der Waals surface area contributed by atoms with Crippen molar-refractivity contribution in [3.8, 4) is 0 Å². The summed E-state index contributed by atoms with van der Waals surface area (Å²) in [5.74, 6) is -62.2. The van der Waals surface area contributed by atoms with E-state index in [1.807, 2.05) is 0 Å². The van der Waals surface area contributed by atoms with Gasteiger partial charge in [-0.25, -0.2) is 8.42 Å². The maximum absolute atomic E-state index is 14.5. The molecule has 0 aromatic rings. The number of rotatable bonds is 17. The maximum Gasteiger partial charge on any atom is 0.460 e. The van der Waals surface area contributed by atoms with Crippen molar-refractivity contribution in [3.05, 3.63) is 0 Å². The van der Waals surface area contributed by atoms with E-state index >= 15 is 0 Å². The Morgan fingerprint density at radius 1 is 0.523 bits per heavy atom. The van der Waals surface area contributed by atoms with Gasteiger partial charge < -0.3 is 14.7 Å². The van der Waals surface area contributed by atoms with Gasteiger partial charge in [0.25, 0.3) is 10.0 Å². The number of nitrogens with zero attached hydrogens (tertiary/aromatic N) is 2. The number of sulfonamides is 1. The fourth-order valence-corrected chi connectivity index (χ4v) is 4.66. The van der Waals surface area contributed by atoms with Crippen molar-refractivity contribution in [1.82, 2.24) is 4.31 Å². The summed E-state index contributed by atoms with van der Waals surface area (Å²) in [7, 11) is -4.97. The predicted octanol–water partition coefficient (Wildman–Crippen LogP) is 4.67. The van der Waals surface area contributed by atoms with Gasteiger partial charge in [0.15, 0.2) is 0 Å². The Morgan fingerprint density at radius 2 is 0.864 bits per heavy atom. The summed E-state index contributed by atoms with van der Waals surface area (Å²) >= 11 is 0. The second-order valence-electron chi connectivity index (χ2n) is 9.62. The number of hydrogen-bond acceptors (Lipinski definition) is 4. The third-order valence-electron chi connectivity index (χ3n) is 5.98. The van der Waals surface area contributed by atoms with Gasteiger partial charge in [0, 0.05) is 19.5 Å². The molecule has 0 aromatic carbocycles. The molecule has 0 heterocycles. The first-order valence-corrected chi connectivity index (χ1v) is 12.5. The third kappa shape index (κ3) is 6.37. The van der Waals surface area contributed by atoms with E-state index in [4.69, 9.17) is 10.2 Å². The number of aliphatic hydroxyl groups excluding tert-OH is 2. The first kappa shape index (κ1) is 42.5. The first-order valence-electron chi connectivity index (χ1n) is 11.1. The summed E-state index contributed by atoms with van der Waals surface area (Å²) in [5.41, 5.74) is 0. The van der Waals surface area contributed by atoms with E-state index in [-0.39, 0.29) is 17.6 Å². The van der Waals surface area contributed by atoms with E-state index in [2.05, 4.69) is 0 Å². The Morgan fingerprint density at radius 3 is 1.18 bits per heavy atom. The van der Waals surface area contributed by atoms with Crippen molar-refractivity contribution in [3.63, 3.8) is 0 Å². The van der Waals surface area contributed by atoms with Gasteiger partial charge in [-0.05, 0) is 0 Å². The molecule has 0 saturated heterocycles. The molecule has 0 spiro atoms. The molecule has 6 nitrogen and oxygen atoms in total. The van der Waals surface area contributed by atoms with Gasteiger partial charge in [-0.15, -0.1) is 0 Å². The summed E-state index contributed by atoms with van der Waals surface area (Å²) < 4.78 is 280. The fourth-order valence-electron chi connectivity index (χ4n) is 3.19. The zero-order chi connectivity index (χ0) is 36.0. The molecule has 0 aromatic heterocycles. The van der Waals surface area contributed by atoms with Gasteiger partial charge >= 0.3 is 52.9 Å². The molecule has 0 saturated carbocycles. The van der Waals surface area contributed by atoms with Gasteiger partial charge in [-0.3, -0.25) is 0 Å². The molecule has 0 aliphatic carbocycles. The van der Waals surface area contributed by atoms with Crippen LogP contribution in [0.5, 0.6) is 0 Å². The van der Waals surface area contributed by atoms with Crippen LogP contribution in [0.15, 0.2) is 0 Å². The molecule has 0 aliphatic heterocycles. The van der Waals surface area contributed by atoms with Crippen LogP contribution in [0.25, 0.3) is 0 Å². The fraction of sp³-hybridized carbons (Fsp3) is 1.00. The highest BCUT2D eigenvalue weighted by Crippen LogP contribution is 2.65. The van der Waals surface area contributed by atoms with E-state index in [9.17, 15) is 91.8 Å². The largest absolute Gasteiger partial charge is 0.460 e. The quantitative estimate of drug-likeness (QED) is 0.169. The second kappa shape index (κ2) is 12.2. The van der Waals surface area contributed by atoms with Crippen LogP contribution in [0.1, 0.15) is 6.42 Å². The summed E-state index contributed by atoms with van der Waals surface area (Å²) in [6.07, 6.45) is -8.74. The lowest BCUT2D eigenvalue weighted by atomic mass is 9.89. The minimum absolute atomic E-state index is 0.130. The highest BCUT2D eigenvalue weighted by Gasteiger charge is 2.97. The van der Waals surface area contributed by atoms with Gasteiger partial charge in [0.05, 0.1) is 33.9 Å². The predicted molar refractivity (Wildman–Crippen MR) is 107 cm³/mol. The zero-order valence-electron chi connectivity index (χ0n) is 21.6. The van der Waals surface area contributed by atoms with Gasteiger partial charge in [0.1, 0.15) is 6.54 Å². The van der Waals surface area contributed by atoms with Crippen LogP contribution in [-0.2, 0) is 10.0 Å². The Balaban J connectivity index is 6.97. The molecule has 2 N–H and O–H groups in total. The van der Waals surface area contributed by atoms with E-state index in [1.165, 1.54) is 14.1 Å². The number of halogens is 19. The minimum atomic E-state index is -9.17. The Labute approximate surface area is 234 Å². The van der Waals surface area contributed by atoms with Crippen molar-refractivity contribution >= 4 is 10.0 Å². The molecule has 0 radical (unpaired) electrons. The minimum Gasteiger partial charge on any atom is -0.395 e. The summed E-state index contributed by atoms with van der Waals surface area (Å²) in [6.45, 7) is -5.81. The van der Waals surface area contributed by atoms with E-state index in [1.54, 1.807) is 0 Å². The number of alkyl halides is 19. The topological polar surface area (TPSA) is 77.8 Å². The number of likely N-dealkylation sites (N-methyl/N-ethyl adjacent to an activating group) is 1. The lowest BCUT2D eigenvalue weighted by Gasteiger charge is -2.44. The van der Waals surface area contributed by atoms with Crippen molar-refractivity contribution in [2.45, 2.75) is 59.3 Å². The van der Waals surface area contributed by atoms with Gasteiger partial charge in [-0.2, -0.15) is 87.7 Å². The molecule has 0 atom stereocenters. The summed E-state index contributed by atoms with van der Waals surface area (Å²) in [4.78, 5) is 0. The molecule has 0 unspecified atom stereocenters. The number of aliphatic hydroxyl groups is 2. The lowest BCUT2D eigenvalue weighted by Crippen LogP contribution is -2.76. The molecule has 0 rings (SSSR count). The average molecular weight is 723 g/mol. The molecule has 0 fully saturated rings. The normalized spacial score (nSPS) is 16.2. The Kier molecular flexibility index (Phi) is 11.8. The smallest absolute Gasteiger partial charge is 0.395 e. The summed E-state index contributed by atoms with van der Waals surface area (Å²) in [5, 5.41) is 9.96. The molecule has 0 aliphatic rings. The average Bonchev–Trinajstić information content (AvgIpc) is 2.81. The Hall–Kier alpha value is -1.54. The molecular weight excluding hydrogens is 701 g/mol. The molecule has 44 heavy (non-hydrogen) atoms. The SMILES string of the molecule is C[N+](C)(CCO)CCCN(CCO)S(=O)(=O)C(F)(F)C(F)(F)C(F)(F)C(F)(F)C(F)(F)C(F)(F)C(F)(F)C(F)(F)C(F)(F)F. The second-order valence-corrected chi connectivity index (χ2v) is 11.6. The molecule has 0 amide bonds. The highest BCUT2D eigenvalue weighted by molar-refractivity contribution is 7.90. The maximum atomic E-state index is 14.5. The molecule has 0 bridgehead atoms. The summed E-state index contributed by atoms with van der Waals surface area (Å²) in [6, 6.07) is 0. The number of quaternary nitrogens is 1. The van der Waals surface area contributed by atoms with Gasteiger partial charge in [-0.1, -0.05) is 0 Å².